The number of benzene rings is 1. The van der Waals surface area contributed by atoms with Crippen LogP contribution in [0.25, 0.3) is 0 Å². The molecule has 0 bridgehead atoms. The highest BCUT2D eigenvalue weighted by Gasteiger charge is 2.19. The molecule has 1 atom stereocenters. The van der Waals surface area contributed by atoms with Gasteiger partial charge in [0.05, 0.1) is 12.5 Å². The van der Waals surface area contributed by atoms with E-state index >= 15 is 0 Å². The van der Waals surface area contributed by atoms with Crippen molar-refractivity contribution in [2.75, 3.05) is 13.2 Å². The van der Waals surface area contributed by atoms with Crippen molar-refractivity contribution in [2.24, 2.45) is 0 Å². The van der Waals surface area contributed by atoms with Crippen molar-refractivity contribution >= 4 is 11.9 Å². The normalized spacial score (nSPS) is 12.7. The number of carboxylic acids is 1. The molecule has 1 unspecified atom stereocenters. The van der Waals surface area contributed by atoms with E-state index in [0.29, 0.717) is 6.61 Å². The van der Waals surface area contributed by atoms with E-state index in [2.05, 4.69) is 26.1 Å². The number of carboxylic acid groups (broad SMARTS) is 1. The zero-order chi connectivity index (χ0) is 16.8. The average molecular weight is 307 g/mol. The van der Waals surface area contributed by atoms with E-state index in [4.69, 9.17) is 9.84 Å². The molecule has 1 rings (SSSR count). The van der Waals surface area contributed by atoms with Gasteiger partial charge in [0.15, 0.2) is 0 Å². The highest BCUT2D eigenvalue weighted by molar-refractivity contribution is 5.78. The summed E-state index contributed by atoms with van der Waals surface area (Å²) in [7, 11) is 0. The second kappa shape index (κ2) is 7.94. The molecule has 2 N–H and O–H groups in total. The molecule has 5 heteroatoms. The summed E-state index contributed by atoms with van der Waals surface area (Å²) in [5.41, 5.74) is 1.96. The molecular formula is C17H25NO4. The molecule has 0 saturated heterocycles. The fraction of sp³-hybridized carbons (Fsp3) is 0.529. The fourth-order valence-electron chi connectivity index (χ4n) is 2.07. The third kappa shape index (κ3) is 5.85. The lowest BCUT2D eigenvalue weighted by Crippen LogP contribution is -2.33. The van der Waals surface area contributed by atoms with Crippen molar-refractivity contribution in [3.05, 3.63) is 35.4 Å². The smallest absolute Gasteiger partial charge is 0.305 e. The van der Waals surface area contributed by atoms with E-state index in [9.17, 15) is 9.59 Å². The lowest BCUT2D eigenvalue weighted by Gasteiger charge is -2.21. The van der Waals surface area contributed by atoms with Crippen LogP contribution in [0.2, 0.25) is 0 Å². The van der Waals surface area contributed by atoms with E-state index in [1.807, 2.05) is 24.3 Å². The van der Waals surface area contributed by atoms with Gasteiger partial charge in [0.25, 0.3) is 0 Å². The van der Waals surface area contributed by atoms with Gasteiger partial charge in [-0.1, -0.05) is 45.0 Å². The molecule has 122 valence electrons. The standard InChI is InChI=1S/C17H25NO4/c1-5-22-11-15(19)18-14(10-16(20)21)12-6-8-13(9-7-12)17(2,3)4/h6-9,14H,5,10-11H2,1-4H3,(H,18,19)(H,20,21). The number of amides is 1. The number of hydrogen-bond acceptors (Lipinski definition) is 3. The predicted octanol–water partition coefficient (Wildman–Crippen LogP) is 2.65. The summed E-state index contributed by atoms with van der Waals surface area (Å²) in [4.78, 5) is 22.8. The predicted molar refractivity (Wildman–Crippen MR) is 84.8 cm³/mol. The lowest BCUT2D eigenvalue weighted by atomic mass is 9.86. The Bertz CT molecular complexity index is 502. The van der Waals surface area contributed by atoms with Crippen LogP contribution < -0.4 is 5.32 Å². The minimum atomic E-state index is -0.957. The summed E-state index contributed by atoms with van der Waals surface area (Å²) < 4.78 is 5.04. The molecule has 0 radical (unpaired) electrons. The van der Waals surface area contributed by atoms with Crippen LogP contribution >= 0.6 is 0 Å². The van der Waals surface area contributed by atoms with Crippen LogP contribution in [0.4, 0.5) is 0 Å². The first kappa shape index (κ1) is 18.2. The number of hydrogen-bond donors (Lipinski definition) is 2. The van der Waals surface area contributed by atoms with Gasteiger partial charge in [0.2, 0.25) is 5.91 Å². The maximum atomic E-state index is 11.8. The van der Waals surface area contributed by atoms with Crippen LogP contribution in [0.1, 0.15) is 51.3 Å². The van der Waals surface area contributed by atoms with Crippen LogP contribution in [0.3, 0.4) is 0 Å². The monoisotopic (exact) mass is 307 g/mol. The number of ether oxygens (including phenoxy) is 1. The van der Waals surface area contributed by atoms with Gasteiger partial charge in [-0.25, -0.2) is 0 Å². The summed E-state index contributed by atoms with van der Waals surface area (Å²) in [5.74, 6) is -1.27. The highest BCUT2D eigenvalue weighted by Crippen LogP contribution is 2.25. The molecular weight excluding hydrogens is 282 g/mol. The summed E-state index contributed by atoms with van der Waals surface area (Å²) >= 11 is 0. The van der Waals surface area contributed by atoms with Crippen molar-refractivity contribution < 1.29 is 19.4 Å². The van der Waals surface area contributed by atoms with Gasteiger partial charge >= 0.3 is 5.97 Å². The Morgan fingerprint density at radius 1 is 1.23 bits per heavy atom. The van der Waals surface area contributed by atoms with Gasteiger partial charge in [-0.3, -0.25) is 9.59 Å². The van der Waals surface area contributed by atoms with Crippen LogP contribution in [0, 0.1) is 0 Å². The van der Waals surface area contributed by atoms with Crippen LogP contribution in [-0.2, 0) is 19.7 Å². The topological polar surface area (TPSA) is 75.6 Å². The quantitative estimate of drug-likeness (QED) is 0.812. The maximum Gasteiger partial charge on any atom is 0.305 e. The van der Waals surface area contributed by atoms with E-state index < -0.39 is 12.0 Å². The Morgan fingerprint density at radius 2 is 1.82 bits per heavy atom. The van der Waals surface area contributed by atoms with Gasteiger partial charge in [-0.2, -0.15) is 0 Å². The largest absolute Gasteiger partial charge is 0.481 e. The summed E-state index contributed by atoms with van der Waals surface area (Å²) in [6.07, 6.45) is -0.160. The number of nitrogens with one attached hydrogen (secondary N) is 1. The van der Waals surface area contributed by atoms with E-state index in [1.165, 1.54) is 0 Å². The van der Waals surface area contributed by atoms with Crippen molar-refractivity contribution in [1.29, 1.82) is 0 Å². The van der Waals surface area contributed by atoms with Gasteiger partial charge < -0.3 is 15.2 Å². The van der Waals surface area contributed by atoms with Crippen LogP contribution in [-0.4, -0.2) is 30.2 Å². The molecule has 5 nitrogen and oxygen atoms in total. The van der Waals surface area contributed by atoms with Crippen molar-refractivity contribution in [3.8, 4) is 0 Å². The Balaban J connectivity index is 2.87. The van der Waals surface area contributed by atoms with Gasteiger partial charge in [-0.15, -0.1) is 0 Å². The van der Waals surface area contributed by atoms with Gasteiger partial charge in [0.1, 0.15) is 6.61 Å². The minimum absolute atomic E-state index is 0.0268. The van der Waals surface area contributed by atoms with Crippen LogP contribution in [0.15, 0.2) is 24.3 Å². The first-order valence-corrected chi connectivity index (χ1v) is 7.43. The molecule has 0 aliphatic heterocycles. The molecule has 0 aliphatic rings. The Morgan fingerprint density at radius 3 is 2.27 bits per heavy atom. The third-order valence-corrected chi connectivity index (χ3v) is 3.33. The zero-order valence-corrected chi connectivity index (χ0v) is 13.7. The zero-order valence-electron chi connectivity index (χ0n) is 13.7. The average Bonchev–Trinajstić information content (AvgIpc) is 2.43. The highest BCUT2D eigenvalue weighted by atomic mass is 16.5. The van der Waals surface area contributed by atoms with Crippen molar-refractivity contribution in [2.45, 2.75) is 45.6 Å². The summed E-state index contributed by atoms with van der Waals surface area (Å²) in [5, 5.41) is 11.7. The number of carbonyl (C=O) groups is 2. The first-order chi connectivity index (χ1) is 10.2. The maximum absolute atomic E-state index is 11.8. The van der Waals surface area contributed by atoms with E-state index in [0.717, 1.165) is 11.1 Å². The molecule has 1 aromatic carbocycles. The second-order valence-electron chi connectivity index (χ2n) is 6.23. The SMILES string of the molecule is CCOCC(=O)NC(CC(=O)O)c1ccc(C(C)(C)C)cc1. The van der Waals surface area contributed by atoms with E-state index in [-0.39, 0.29) is 24.3 Å². The Kier molecular flexibility index (Phi) is 6.56. The number of aliphatic carboxylic acids is 1. The third-order valence-electron chi connectivity index (χ3n) is 3.33. The first-order valence-electron chi connectivity index (χ1n) is 7.43. The van der Waals surface area contributed by atoms with Gasteiger partial charge in [0, 0.05) is 6.61 Å². The van der Waals surface area contributed by atoms with Gasteiger partial charge in [-0.05, 0) is 23.5 Å². The summed E-state index contributed by atoms with van der Waals surface area (Å²) in [6.45, 7) is 8.51. The molecule has 1 amide bonds. The molecule has 0 saturated carbocycles. The minimum Gasteiger partial charge on any atom is -0.481 e. The molecule has 22 heavy (non-hydrogen) atoms. The van der Waals surface area contributed by atoms with Crippen LogP contribution in [0.5, 0.6) is 0 Å². The molecule has 0 heterocycles. The van der Waals surface area contributed by atoms with Crippen molar-refractivity contribution in [3.63, 3.8) is 0 Å². The van der Waals surface area contributed by atoms with E-state index in [1.54, 1.807) is 6.92 Å². The molecule has 0 spiro atoms. The Labute approximate surface area is 131 Å². The molecule has 0 aliphatic carbocycles. The molecule has 1 aromatic rings. The second-order valence-corrected chi connectivity index (χ2v) is 6.23. The molecule has 0 aromatic heterocycles. The fourth-order valence-corrected chi connectivity index (χ4v) is 2.07. The Hall–Kier alpha value is -1.88. The summed E-state index contributed by atoms with van der Waals surface area (Å²) in [6, 6.07) is 7.13. The number of rotatable bonds is 7. The lowest BCUT2D eigenvalue weighted by molar-refractivity contribution is -0.138. The number of carbonyl (C=O) groups excluding carboxylic acids is 1. The molecule has 0 fully saturated rings. The van der Waals surface area contributed by atoms with Crippen molar-refractivity contribution in [1.82, 2.24) is 5.32 Å².